The standard InChI is InChI=1S/C21H24N6O2/c1-25(2)21(29)15-9-10-17(22-12-15)16-6-5-11-26(13-16)20(28)14-27-19-8-4-3-7-18(19)23-24-27/h3-4,7-10,12,16H,5-6,11,13-14H2,1-2H3. The third-order valence-corrected chi connectivity index (χ3v) is 5.34. The van der Waals surface area contributed by atoms with Crippen LogP contribution in [-0.4, -0.2) is 68.8 Å². The molecule has 1 fully saturated rings. The zero-order valence-corrected chi connectivity index (χ0v) is 16.7. The summed E-state index contributed by atoms with van der Waals surface area (Å²) in [6.07, 6.45) is 3.53. The Morgan fingerprint density at radius 1 is 1.17 bits per heavy atom. The molecule has 0 spiro atoms. The molecule has 3 heterocycles. The van der Waals surface area contributed by atoms with Gasteiger partial charge < -0.3 is 9.80 Å². The Morgan fingerprint density at radius 2 is 2.00 bits per heavy atom. The highest BCUT2D eigenvalue weighted by molar-refractivity contribution is 5.93. The Hall–Kier alpha value is -3.29. The topological polar surface area (TPSA) is 84.2 Å². The Balaban J connectivity index is 1.44. The lowest BCUT2D eigenvalue weighted by Crippen LogP contribution is -2.41. The number of piperidine rings is 1. The molecule has 1 aliphatic rings. The second-order valence-corrected chi connectivity index (χ2v) is 7.59. The van der Waals surface area contributed by atoms with E-state index in [2.05, 4.69) is 15.3 Å². The van der Waals surface area contributed by atoms with Crippen molar-refractivity contribution in [3.8, 4) is 0 Å². The summed E-state index contributed by atoms with van der Waals surface area (Å²) in [7, 11) is 3.44. The first kappa shape index (κ1) is 19.0. The predicted octanol–water partition coefficient (Wildman–Crippen LogP) is 1.93. The second-order valence-electron chi connectivity index (χ2n) is 7.59. The molecule has 150 valence electrons. The molecule has 0 N–H and O–H groups in total. The SMILES string of the molecule is CN(C)C(=O)c1ccc(C2CCCN(C(=O)Cn3nnc4ccccc43)C2)nc1. The molecule has 1 aliphatic heterocycles. The van der Waals surface area contributed by atoms with Gasteiger partial charge in [0.25, 0.3) is 5.91 Å². The summed E-state index contributed by atoms with van der Waals surface area (Å²) in [6, 6.07) is 11.3. The van der Waals surface area contributed by atoms with Gasteiger partial charge in [-0.15, -0.1) is 5.10 Å². The molecule has 1 unspecified atom stereocenters. The van der Waals surface area contributed by atoms with E-state index in [1.807, 2.05) is 41.3 Å². The van der Waals surface area contributed by atoms with Crippen LogP contribution >= 0.6 is 0 Å². The maximum absolute atomic E-state index is 12.9. The zero-order chi connectivity index (χ0) is 20.4. The van der Waals surface area contributed by atoms with Crippen LogP contribution in [0.2, 0.25) is 0 Å². The van der Waals surface area contributed by atoms with Gasteiger partial charge in [-0.2, -0.15) is 0 Å². The van der Waals surface area contributed by atoms with Gasteiger partial charge in [0, 0.05) is 45.0 Å². The normalized spacial score (nSPS) is 16.8. The number of pyridine rings is 1. The largest absolute Gasteiger partial charge is 0.345 e. The van der Waals surface area contributed by atoms with E-state index >= 15 is 0 Å². The van der Waals surface area contributed by atoms with Crippen LogP contribution in [-0.2, 0) is 11.3 Å². The van der Waals surface area contributed by atoms with Gasteiger partial charge in [-0.25, -0.2) is 4.68 Å². The number of fused-ring (bicyclic) bond motifs is 1. The molecule has 4 rings (SSSR count). The first-order chi connectivity index (χ1) is 14.0. The second kappa shape index (κ2) is 7.98. The zero-order valence-electron chi connectivity index (χ0n) is 16.7. The molecule has 0 aliphatic carbocycles. The quantitative estimate of drug-likeness (QED) is 0.677. The minimum atomic E-state index is -0.0652. The molecular weight excluding hydrogens is 368 g/mol. The highest BCUT2D eigenvalue weighted by Gasteiger charge is 2.26. The third kappa shape index (κ3) is 3.96. The summed E-state index contributed by atoms with van der Waals surface area (Å²) in [5.41, 5.74) is 3.13. The van der Waals surface area contributed by atoms with Gasteiger partial charge in [-0.1, -0.05) is 17.3 Å². The van der Waals surface area contributed by atoms with Crippen LogP contribution in [0.1, 0.15) is 34.8 Å². The van der Waals surface area contributed by atoms with Crippen molar-refractivity contribution in [2.24, 2.45) is 0 Å². The number of amides is 2. The minimum Gasteiger partial charge on any atom is -0.345 e. The van der Waals surface area contributed by atoms with Gasteiger partial charge in [-0.3, -0.25) is 14.6 Å². The van der Waals surface area contributed by atoms with E-state index in [4.69, 9.17) is 0 Å². The minimum absolute atomic E-state index is 0.0322. The van der Waals surface area contributed by atoms with Crippen LogP contribution < -0.4 is 0 Å². The fraction of sp³-hybridized carbons (Fsp3) is 0.381. The lowest BCUT2D eigenvalue weighted by atomic mass is 9.94. The van der Waals surface area contributed by atoms with Gasteiger partial charge in [0.05, 0.1) is 11.1 Å². The number of likely N-dealkylation sites (tertiary alicyclic amines) is 1. The average Bonchev–Trinajstić information content (AvgIpc) is 3.16. The third-order valence-electron chi connectivity index (χ3n) is 5.34. The summed E-state index contributed by atoms with van der Waals surface area (Å²) in [4.78, 5) is 32.8. The van der Waals surface area contributed by atoms with Crippen LogP contribution in [0.15, 0.2) is 42.6 Å². The van der Waals surface area contributed by atoms with Gasteiger partial charge in [0.15, 0.2) is 0 Å². The molecule has 0 bridgehead atoms. The van der Waals surface area contributed by atoms with E-state index in [9.17, 15) is 9.59 Å². The molecule has 1 atom stereocenters. The maximum atomic E-state index is 12.9. The lowest BCUT2D eigenvalue weighted by molar-refractivity contribution is -0.133. The first-order valence-corrected chi connectivity index (χ1v) is 9.76. The van der Waals surface area contributed by atoms with E-state index < -0.39 is 0 Å². The number of benzene rings is 1. The molecule has 0 saturated carbocycles. The number of carbonyl (C=O) groups excluding carboxylic acids is 2. The van der Waals surface area contributed by atoms with Crippen LogP contribution in [0.5, 0.6) is 0 Å². The smallest absolute Gasteiger partial charge is 0.254 e. The molecule has 29 heavy (non-hydrogen) atoms. The highest BCUT2D eigenvalue weighted by Crippen LogP contribution is 2.26. The number of aromatic nitrogens is 4. The molecular formula is C21H24N6O2. The molecule has 1 aromatic carbocycles. The summed E-state index contributed by atoms with van der Waals surface area (Å²) in [5, 5.41) is 8.23. The van der Waals surface area contributed by atoms with Gasteiger partial charge >= 0.3 is 0 Å². The van der Waals surface area contributed by atoms with Crippen molar-refractivity contribution < 1.29 is 9.59 Å². The van der Waals surface area contributed by atoms with Crippen molar-refractivity contribution in [1.82, 2.24) is 29.8 Å². The molecule has 2 amide bonds. The van der Waals surface area contributed by atoms with Crippen molar-refractivity contribution in [2.75, 3.05) is 27.2 Å². The van der Waals surface area contributed by atoms with Crippen LogP contribution in [0, 0.1) is 0 Å². The molecule has 1 saturated heterocycles. The fourth-order valence-electron chi connectivity index (χ4n) is 3.74. The first-order valence-electron chi connectivity index (χ1n) is 9.76. The van der Waals surface area contributed by atoms with Gasteiger partial charge in [0.2, 0.25) is 5.91 Å². The molecule has 2 aromatic heterocycles. The van der Waals surface area contributed by atoms with E-state index in [0.717, 1.165) is 36.1 Å². The van der Waals surface area contributed by atoms with Gasteiger partial charge in [-0.05, 0) is 37.1 Å². The Bertz CT molecular complexity index is 1030. The Kier molecular flexibility index (Phi) is 5.24. The number of carbonyl (C=O) groups is 2. The molecule has 3 aromatic rings. The van der Waals surface area contributed by atoms with Gasteiger partial charge in [0.1, 0.15) is 12.1 Å². The van der Waals surface area contributed by atoms with Crippen molar-refractivity contribution in [3.63, 3.8) is 0 Å². The molecule has 8 heteroatoms. The Morgan fingerprint density at radius 3 is 2.76 bits per heavy atom. The maximum Gasteiger partial charge on any atom is 0.254 e. The van der Waals surface area contributed by atoms with Crippen LogP contribution in [0.3, 0.4) is 0 Å². The summed E-state index contributed by atoms with van der Waals surface area (Å²) < 4.78 is 1.65. The van der Waals surface area contributed by atoms with E-state index in [1.165, 1.54) is 4.90 Å². The monoisotopic (exact) mass is 392 g/mol. The van der Waals surface area contributed by atoms with E-state index in [0.29, 0.717) is 12.1 Å². The number of hydrogen-bond acceptors (Lipinski definition) is 5. The predicted molar refractivity (Wildman–Crippen MR) is 108 cm³/mol. The number of para-hydroxylation sites is 1. The highest BCUT2D eigenvalue weighted by atomic mass is 16.2. The summed E-state index contributed by atoms with van der Waals surface area (Å²) in [6.45, 7) is 1.54. The molecule has 0 radical (unpaired) electrons. The number of nitrogens with zero attached hydrogens (tertiary/aromatic N) is 6. The lowest BCUT2D eigenvalue weighted by Gasteiger charge is -2.32. The number of hydrogen-bond donors (Lipinski definition) is 0. The summed E-state index contributed by atoms with van der Waals surface area (Å²) in [5.74, 6) is 0.137. The fourth-order valence-corrected chi connectivity index (χ4v) is 3.74. The van der Waals surface area contributed by atoms with Crippen molar-refractivity contribution in [1.29, 1.82) is 0 Å². The van der Waals surface area contributed by atoms with Crippen LogP contribution in [0.4, 0.5) is 0 Å². The summed E-state index contributed by atoms with van der Waals surface area (Å²) >= 11 is 0. The van der Waals surface area contributed by atoms with E-state index in [1.54, 1.807) is 25.0 Å². The van der Waals surface area contributed by atoms with Crippen molar-refractivity contribution >= 4 is 22.8 Å². The van der Waals surface area contributed by atoms with E-state index in [-0.39, 0.29) is 24.3 Å². The van der Waals surface area contributed by atoms with Crippen LogP contribution in [0.25, 0.3) is 11.0 Å². The average molecular weight is 392 g/mol. The number of rotatable bonds is 4. The van der Waals surface area contributed by atoms with Crippen molar-refractivity contribution in [3.05, 3.63) is 53.9 Å². The Labute approximate surface area is 169 Å². The van der Waals surface area contributed by atoms with Crippen molar-refractivity contribution in [2.45, 2.75) is 25.3 Å². The molecule has 8 nitrogen and oxygen atoms in total.